The monoisotopic (exact) mass is 307 g/mol. The quantitative estimate of drug-likeness (QED) is 0.918. The summed E-state index contributed by atoms with van der Waals surface area (Å²) in [6.07, 6.45) is 2.57. The third-order valence-corrected chi connectivity index (χ3v) is 6.33. The number of hydrogen-bond acceptors (Lipinski definition) is 3. The van der Waals surface area contributed by atoms with Crippen molar-refractivity contribution in [3.8, 4) is 0 Å². The lowest BCUT2D eigenvalue weighted by Gasteiger charge is -2.23. The van der Waals surface area contributed by atoms with Gasteiger partial charge in [0.15, 0.2) is 0 Å². The molecule has 116 valence electrons. The van der Waals surface area contributed by atoms with Gasteiger partial charge in [-0.1, -0.05) is 37.6 Å². The van der Waals surface area contributed by atoms with E-state index < -0.39 is 9.73 Å². The van der Waals surface area contributed by atoms with Crippen LogP contribution in [0.15, 0.2) is 50.6 Å². The van der Waals surface area contributed by atoms with Crippen LogP contribution in [-0.2, 0) is 9.73 Å². The summed E-state index contributed by atoms with van der Waals surface area (Å²) in [5.41, 5.74) is 1.11. The van der Waals surface area contributed by atoms with Gasteiger partial charge < -0.3 is 5.11 Å². The van der Waals surface area contributed by atoms with Gasteiger partial charge in [0, 0.05) is 18.4 Å². The van der Waals surface area contributed by atoms with Gasteiger partial charge in [0.2, 0.25) is 0 Å². The fourth-order valence-corrected chi connectivity index (χ4v) is 4.65. The minimum Gasteiger partial charge on any atom is -0.392 e. The van der Waals surface area contributed by atoms with E-state index in [1.165, 1.54) is 0 Å². The molecule has 2 rings (SSSR count). The topological polar surface area (TPSA) is 49.7 Å². The second-order valence-corrected chi connectivity index (χ2v) is 8.20. The summed E-state index contributed by atoms with van der Waals surface area (Å²) in [6, 6.07) is 9.39. The molecule has 0 radical (unpaired) electrons. The molecule has 1 aromatic rings. The number of aliphatic hydroxyl groups is 1. The van der Waals surface area contributed by atoms with E-state index in [9.17, 15) is 9.32 Å². The van der Waals surface area contributed by atoms with E-state index in [4.69, 9.17) is 0 Å². The van der Waals surface area contributed by atoms with Crippen LogP contribution in [-0.4, -0.2) is 22.5 Å². The van der Waals surface area contributed by atoms with Crippen molar-refractivity contribution in [2.24, 2.45) is 16.2 Å². The third-order valence-electron chi connectivity index (χ3n) is 4.22. The highest BCUT2D eigenvalue weighted by Crippen LogP contribution is 2.37. The molecule has 0 aliphatic heterocycles. The predicted octanol–water partition coefficient (Wildman–Crippen LogP) is 3.84. The van der Waals surface area contributed by atoms with Crippen molar-refractivity contribution in [3.63, 3.8) is 0 Å². The van der Waals surface area contributed by atoms with Crippen molar-refractivity contribution in [3.05, 3.63) is 41.3 Å². The van der Waals surface area contributed by atoms with Crippen LogP contribution in [0.5, 0.6) is 0 Å². The lowest BCUT2D eigenvalue weighted by atomic mass is 9.90. The van der Waals surface area contributed by atoms with Crippen LogP contribution in [0.25, 0.3) is 0 Å². The Kier molecular flexibility index (Phi) is 5.22. The van der Waals surface area contributed by atoms with Gasteiger partial charge in [-0.3, -0.25) is 0 Å². The van der Waals surface area contributed by atoms with Crippen molar-refractivity contribution >= 4 is 9.73 Å². The maximum Gasteiger partial charge on any atom is 0.0966 e. The second-order valence-electron chi connectivity index (χ2n) is 5.99. The Balaban J connectivity index is 2.39. The largest absolute Gasteiger partial charge is 0.392 e. The minimum atomic E-state index is -2.53. The van der Waals surface area contributed by atoms with Crippen LogP contribution in [0.2, 0.25) is 0 Å². The zero-order valence-electron chi connectivity index (χ0n) is 13.0. The molecule has 1 saturated carbocycles. The Hall–Kier alpha value is -1.13. The molecule has 0 spiro atoms. The van der Waals surface area contributed by atoms with Gasteiger partial charge in [-0.15, -0.1) is 0 Å². The molecule has 0 aromatic heterocycles. The molecule has 0 heterocycles. The standard InChI is InChI=1S/C17H25NO2S/c1-13(2)17(19)16-11-7-8-14(16)12-21(20,18-3)15-9-5-4-6-10-15/h4-6,9-10,12-13,16-17,19H,7-8,11H2,1-3H3/b14-12-/t16-,17+,21?/m1/s1. The summed E-state index contributed by atoms with van der Waals surface area (Å²) in [5.74, 6) is 0.333. The zero-order valence-corrected chi connectivity index (χ0v) is 13.8. The smallest absolute Gasteiger partial charge is 0.0966 e. The molecule has 1 aliphatic rings. The van der Waals surface area contributed by atoms with Gasteiger partial charge in [0.25, 0.3) is 0 Å². The van der Waals surface area contributed by atoms with Crippen molar-refractivity contribution < 1.29 is 9.32 Å². The summed E-state index contributed by atoms with van der Waals surface area (Å²) in [6.45, 7) is 4.05. The first-order valence-electron chi connectivity index (χ1n) is 7.57. The van der Waals surface area contributed by atoms with Crippen LogP contribution < -0.4 is 0 Å². The lowest BCUT2D eigenvalue weighted by Crippen LogP contribution is -2.25. The van der Waals surface area contributed by atoms with E-state index >= 15 is 0 Å². The second kappa shape index (κ2) is 6.75. The van der Waals surface area contributed by atoms with Crippen molar-refractivity contribution in [1.82, 2.24) is 0 Å². The molecule has 1 fully saturated rings. The van der Waals surface area contributed by atoms with Gasteiger partial charge in [0.05, 0.1) is 20.7 Å². The molecule has 1 N–H and O–H groups in total. The molecule has 3 atom stereocenters. The number of aliphatic hydroxyl groups excluding tert-OH is 1. The Labute approximate surface area is 128 Å². The maximum atomic E-state index is 13.1. The SMILES string of the molecule is CN=S(=O)(/C=C1/CCC[C@H]1[C@@H](O)C(C)C)c1ccccc1. The van der Waals surface area contributed by atoms with E-state index in [2.05, 4.69) is 4.36 Å². The van der Waals surface area contributed by atoms with Crippen LogP contribution in [0.4, 0.5) is 0 Å². The van der Waals surface area contributed by atoms with E-state index in [1.807, 2.05) is 49.6 Å². The normalized spacial score (nSPS) is 25.0. The van der Waals surface area contributed by atoms with E-state index in [-0.39, 0.29) is 17.9 Å². The Morgan fingerprint density at radius 2 is 2.00 bits per heavy atom. The predicted molar refractivity (Wildman–Crippen MR) is 87.5 cm³/mol. The van der Waals surface area contributed by atoms with E-state index in [0.29, 0.717) is 0 Å². The van der Waals surface area contributed by atoms with E-state index in [0.717, 1.165) is 29.7 Å². The highest BCUT2D eigenvalue weighted by atomic mass is 32.2. The highest BCUT2D eigenvalue weighted by molar-refractivity contribution is 7.96. The average Bonchev–Trinajstić information content (AvgIpc) is 2.94. The van der Waals surface area contributed by atoms with Crippen molar-refractivity contribution in [2.75, 3.05) is 7.05 Å². The Morgan fingerprint density at radius 1 is 1.33 bits per heavy atom. The van der Waals surface area contributed by atoms with Crippen LogP contribution in [0, 0.1) is 11.8 Å². The minimum absolute atomic E-state index is 0.122. The molecule has 0 saturated heterocycles. The first-order valence-corrected chi connectivity index (χ1v) is 9.14. The van der Waals surface area contributed by atoms with Crippen LogP contribution >= 0.6 is 0 Å². The van der Waals surface area contributed by atoms with Gasteiger partial charge in [-0.2, -0.15) is 0 Å². The van der Waals surface area contributed by atoms with E-state index in [1.54, 1.807) is 7.05 Å². The van der Waals surface area contributed by atoms with Gasteiger partial charge >= 0.3 is 0 Å². The fourth-order valence-electron chi connectivity index (χ4n) is 2.94. The van der Waals surface area contributed by atoms with Gasteiger partial charge in [-0.25, -0.2) is 8.57 Å². The highest BCUT2D eigenvalue weighted by Gasteiger charge is 2.30. The summed E-state index contributed by atoms with van der Waals surface area (Å²) < 4.78 is 17.3. The molecule has 4 heteroatoms. The first kappa shape index (κ1) is 16.2. The Morgan fingerprint density at radius 3 is 2.57 bits per heavy atom. The molecule has 1 aliphatic carbocycles. The number of rotatable bonds is 4. The first-order chi connectivity index (χ1) is 9.98. The van der Waals surface area contributed by atoms with Crippen molar-refractivity contribution in [2.45, 2.75) is 44.1 Å². The Bertz CT molecular complexity index is 613. The average molecular weight is 307 g/mol. The lowest BCUT2D eigenvalue weighted by molar-refractivity contribution is 0.0820. The number of benzene rings is 1. The molecule has 0 amide bonds. The maximum absolute atomic E-state index is 13.1. The molecule has 21 heavy (non-hydrogen) atoms. The summed E-state index contributed by atoms with van der Waals surface area (Å²) in [4.78, 5) is 0.740. The zero-order chi connectivity index (χ0) is 15.5. The molecular weight excluding hydrogens is 282 g/mol. The molecular formula is C17H25NO2S. The summed E-state index contributed by atoms with van der Waals surface area (Å²) in [5, 5.41) is 12.2. The molecule has 1 aromatic carbocycles. The third kappa shape index (κ3) is 3.55. The molecule has 3 nitrogen and oxygen atoms in total. The van der Waals surface area contributed by atoms with Crippen LogP contribution in [0.1, 0.15) is 33.1 Å². The van der Waals surface area contributed by atoms with Gasteiger partial charge in [-0.05, 0) is 37.3 Å². The van der Waals surface area contributed by atoms with Crippen molar-refractivity contribution in [1.29, 1.82) is 0 Å². The number of hydrogen-bond donors (Lipinski definition) is 1. The molecule has 1 unspecified atom stereocenters. The van der Waals surface area contributed by atoms with Crippen LogP contribution in [0.3, 0.4) is 0 Å². The molecule has 0 bridgehead atoms. The number of nitrogens with zero attached hydrogens (tertiary/aromatic N) is 1. The van der Waals surface area contributed by atoms with Gasteiger partial charge in [0.1, 0.15) is 0 Å². The summed E-state index contributed by atoms with van der Waals surface area (Å²) in [7, 11) is -0.923. The fraction of sp³-hybridized carbons (Fsp3) is 0.529. The summed E-state index contributed by atoms with van der Waals surface area (Å²) >= 11 is 0.